The van der Waals surface area contributed by atoms with E-state index in [1.165, 1.54) is 22.2 Å². The second-order valence-electron chi connectivity index (χ2n) is 9.25. The maximum absolute atomic E-state index is 13.1. The molecule has 0 atom stereocenters. The van der Waals surface area contributed by atoms with E-state index in [2.05, 4.69) is 10.2 Å². The van der Waals surface area contributed by atoms with E-state index in [1.54, 1.807) is 12.1 Å². The minimum absolute atomic E-state index is 0.0994. The van der Waals surface area contributed by atoms with Gasteiger partial charge in [-0.25, -0.2) is 14.8 Å². The maximum atomic E-state index is 13.1. The number of benzene rings is 2. The van der Waals surface area contributed by atoms with Gasteiger partial charge in [0.2, 0.25) is 5.91 Å². The van der Waals surface area contributed by atoms with Crippen LogP contribution in [0.4, 0.5) is 18.0 Å². The average molecular weight is 486 g/mol. The molecule has 0 spiro atoms. The van der Waals surface area contributed by atoms with E-state index < -0.39 is 17.8 Å². The lowest BCUT2D eigenvalue weighted by Gasteiger charge is -2.33. The lowest BCUT2D eigenvalue weighted by Crippen LogP contribution is -2.56. The Hall–Kier alpha value is -3.40. The Kier molecular flexibility index (Phi) is 6.00. The summed E-state index contributed by atoms with van der Waals surface area (Å²) in [5.74, 6) is -0.519. The van der Waals surface area contributed by atoms with Crippen LogP contribution in [0.3, 0.4) is 0 Å². The van der Waals surface area contributed by atoms with Crippen LogP contribution in [0.25, 0.3) is 0 Å². The van der Waals surface area contributed by atoms with E-state index in [-0.39, 0.29) is 37.2 Å². The summed E-state index contributed by atoms with van der Waals surface area (Å²) >= 11 is 0. The van der Waals surface area contributed by atoms with Gasteiger partial charge < -0.3 is 0 Å². The van der Waals surface area contributed by atoms with Gasteiger partial charge in [-0.2, -0.15) is 13.2 Å². The lowest BCUT2D eigenvalue weighted by atomic mass is 9.88. The topological polar surface area (TPSA) is 73.0 Å². The van der Waals surface area contributed by atoms with E-state index in [4.69, 9.17) is 0 Å². The molecule has 0 aromatic heterocycles. The number of hydrazine groups is 1. The number of piperidine rings is 1. The Labute approximate surface area is 200 Å². The number of halogens is 3. The van der Waals surface area contributed by atoms with Gasteiger partial charge in [-0.15, -0.1) is 0 Å². The number of carbonyl (C=O) groups is 3. The highest BCUT2D eigenvalue weighted by Crippen LogP contribution is 2.34. The molecule has 3 aliphatic rings. The number of urea groups is 1. The Morgan fingerprint density at radius 1 is 0.943 bits per heavy atom. The number of hydrogen-bond acceptors (Lipinski definition) is 4. The fourth-order valence-electron chi connectivity index (χ4n) is 5.09. The molecule has 0 unspecified atom stereocenters. The molecule has 7 nitrogen and oxygen atoms in total. The zero-order chi connectivity index (χ0) is 24.7. The van der Waals surface area contributed by atoms with Crippen LogP contribution in [-0.2, 0) is 24.1 Å². The summed E-state index contributed by atoms with van der Waals surface area (Å²) in [6.45, 7) is 2.64. The van der Waals surface area contributed by atoms with Gasteiger partial charge in [-0.1, -0.05) is 30.3 Å². The lowest BCUT2D eigenvalue weighted by molar-refractivity contribution is -0.137. The molecule has 0 radical (unpaired) electrons. The van der Waals surface area contributed by atoms with Gasteiger partial charge in [0.15, 0.2) is 0 Å². The van der Waals surface area contributed by atoms with Crippen molar-refractivity contribution in [2.45, 2.75) is 44.4 Å². The van der Waals surface area contributed by atoms with Crippen molar-refractivity contribution >= 4 is 17.8 Å². The van der Waals surface area contributed by atoms with Crippen molar-refractivity contribution in [3.63, 3.8) is 0 Å². The van der Waals surface area contributed by atoms with Crippen molar-refractivity contribution in [1.82, 2.24) is 20.2 Å². The molecule has 0 saturated carbocycles. The molecular formula is C25H25F3N4O3. The molecule has 1 N–H and O–H groups in total. The van der Waals surface area contributed by atoms with Crippen molar-refractivity contribution in [3.8, 4) is 0 Å². The summed E-state index contributed by atoms with van der Waals surface area (Å²) < 4.78 is 39.2. The van der Waals surface area contributed by atoms with Crippen molar-refractivity contribution in [1.29, 1.82) is 0 Å². The molecule has 3 heterocycles. The number of nitrogens with one attached hydrogen (secondary N) is 1. The molecule has 2 saturated heterocycles. The predicted molar refractivity (Wildman–Crippen MR) is 120 cm³/mol. The van der Waals surface area contributed by atoms with E-state index in [9.17, 15) is 27.6 Å². The quantitative estimate of drug-likeness (QED) is 0.712. The first kappa shape index (κ1) is 23.3. The predicted octanol–water partition coefficient (Wildman–Crippen LogP) is 3.90. The summed E-state index contributed by atoms with van der Waals surface area (Å²) in [4.78, 5) is 38.7. The normalized spacial score (nSPS) is 19.8. The standard InChI is InChI=1S/C25H25F3N4O3/c26-25(27,28)20-3-1-2-18(13-20)17-6-9-30(10-7-17)14-16-4-5-21-19(12-16)15-32(23(21)34)31-11-8-22(33)29-24(31)35/h1-5,12-13,17H,6-11,14-15H2,(H,29,33,35). The highest BCUT2D eigenvalue weighted by Gasteiger charge is 2.37. The number of amides is 4. The van der Waals surface area contributed by atoms with Crippen LogP contribution in [0.2, 0.25) is 0 Å². The number of likely N-dealkylation sites (tertiary alicyclic amines) is 1. The molecule has 5 rings (SSSR count). The fourth-order valence-corrected chi connectivity index (χ4v) is 5.09. The molecule has 3 aliphatic heterocycles. The van der Waals surface area contributed by atoms with Crippen LogP contribution >= 0.6 is 0 Å². The Morgan fingerprint density at radius 3 is 2.43 bits per heavy atom. The second-order valence-corrected chi connectivity index (χ2v) is 9.25. The van der Waals surface area contributed by atoms with Crippen LogP contribution in [0.15, 0.2) is 42.5 Å². The van der Waals surface area contributed by atoms with Crippen molar-refractivity contribution in [3.05, 3.63) is 70.3 Å². The molecule has 2 aromatic carbocycles. The smallest absolute Gasteiger partial charge is 0.299 e. The largest absolute Gasteiger partial charge is 0.416 e. The highest BCUT2D eigenvalue weighted by atomic mass is 19.4. The number of rotatable bonds is 4. The Balaban J connectivity index is 1.20. The molecule has 2 aromatic rings. The number of hydrogen-bond donors (Lipinski definition) is 1. The van der Waals surface area contributed by atoms with Gasteiger partial charge in [0.25, 0.3) is 5.91 Å². The minimum Gasteiger partial charge on any atom is -0.299 e. The van der Waals surface area contributed by atoms with Gasteiger partial charge in [-0.05, 0) is 60.7 Å². The summed E-state index contributed by atoms with van der Waals surface area (Å²) in [6, 6.07) is 10.7. The van der Waals surface area contributed by atoms with Crippen LogP contribution in [0.1, 0.15) is 57.8 Å². The number of fused-ring (bicyclic) bond motifs is 1. The van der Waals surface area contributed by atoms with Gasteiger partial charge in [-0.3, -0.25) is 19.8 Å². The second kappa shape index (κ2) is 8.99. The van der Waals surface area contributed by atoms with E-state index in [1.807, 2.05) is 12.1 Å². The molecule has 35 heavy (non-hydrogen) atoms. The first-order valence-corrected chi connectivity index (χ1v) is 11.6. The van der Waals surface area contributed by atoms with Crippen molar-refractivity contribution in [2.75, 3.05) is 19.6 Å². The van der Waals surface area contributed by atoms with Gasteiger partial charge in [0.05, 0.1) is 18.7 Å². The van der Waals surface area contributed by atoms with E-state index >= 15 is 0 Å². The molecule has 184 valence electrons. The zero-order valence-electron chi connectivity index (χ0n) is 19.0. The average Bonchev–Trinajstić information content (AvgIpc) is 3.14. The van der Waals surface area contributed by atoms with Crippen LogP contribution < -0.4 is 5.32 Å². The van der Waals surface area contributed by atoms with E-state index in [0.29, 0.717) is 12.1 Å². The molecule has 10 heteroatoms. The van der Waals surface area contributed by atoms with Gasteiger partial charge in [0, 0.05) is 18.5 Å². The fraction of sp³-hybridized carbons (Fsp3) is 0.400. The third-order valence-electron chi connectivity index (χ3n) is 6.96. The summed E-state index contributed by atoms with van der Waals surface area (Å²) in [7, 11) is 0. The van der Waals surface area contributed by atoms with Gasteiger partial charge >= 0.3 is 12.2 Å². The van der Waals surface area contributed by atoms with Crippen LogP contribution in [-0.4, -0.2) is 52.4 Å². The van der Waals surface area contributed by atoms with Crippen LogP contribution in [0.5, 0.6) is 0 Å². The monoisotopic (exact) mass is 486 g/mol. The summed E-state index contributed by atoms with van der Waals surface area (Å²) in [5, 5.41) is 4.89. The molecule has 0 bridgehead atoms. The first-order chi connectivity index (χ1) is 16.7. The van der Waals surface area contributed by atoms with Crippen LogP contribution in [0, 0.1) is 0 Å². The number of carbonyl (C=O) groups excluding carboxylic acids is 3. The zero-order valence-corrected chi connectivity index (χ0v) is 19.0. The summed E-state index contributed by atoms with van der Waals surface area (Å²) in [5.41, 5.74) is 2.54. The minimum atomic E-state index is -4.34. The molecule has 4 amide bonds. The molecular weight excluding hydrogens is 461 g/mol. The number of nitrogens with zero attached hydrogens (tertiary/aromatic N) is 3. The highest BCUT2D eigenvalue weighted by molar-refractivity contribution is 6.01. The molecule has 2 fully saturated rings. The maximum Gasteiger partial charge on any atom is 0.416 e. The van der Waals surface area contributed by atoms with Crippen molar-refractivity contribution < 1.29 is 27.6 Å². The first-order valence-electron chi connectivity index (χ1n) is 11.6. The van der Waals surface area contributed by atoms with Crippen molar-refractivity contribution in [2.24, 2.45) is 0 Å². The van der Waals surface area contributed by atoms with Gasteiger partial charge in [0.1, 0.15) is 0 Å². The third-order valence-corrected chi connectivity index (χ3v) is 6.96. The third kappa shape index (κ3) is 4.75. The Bertz CT molecular complexity index is 1170. The number of alkyl halides is 3. The van der Waals surface area contributed by atoms with E-state index in [0.717, 1.165) is 48.7 Å². The molecule has 0 aliphatic carbocycles. The summed E-state index contributed by atoms with van der Waals surface area (Å²) in [6.07, 6.45) is -2.63. The SMILES string of the molecule is O=C1CCN(N2Cc3cc(CN4CCC(c5cccc(C(F)(F)F)c5)CC4)ccc3C2=O)C(=O)N1. The Morgan fingerprint density at radius 2 is 1.71 bits per heavy atom. The number of imide groups is 1.